The zero-order valence-electron chi connectivity index (χ0n) is 13.5. The van der Waals surface area contributed by atoms with E-state index in [1.165, 1.54) is 11.1 Å². The second kappa shape index (κ2) is 6.01. The molecule has 120 valence electrons. The highest BCUT2D eigenvalue weighted by atomic mass is 16.5. The monoisotopic (exact) mass is 302 g/mol. The van der Waals surface area contributed by atoms with Crippen LogP contribution in [0.4, 0.5) is 0 Å². The minimum Gasteiger partial charge on any atom is -0.364 e. The van der Waals surface area contributed by atoms with Gasteiger partial charge in [0.15, 0.2) is 0 Å². The Morgan fingerprint density at radius 2 is 2.09 bits per heavy atom. The lowest BCUT2D eigenvalue weighted by Gasteiger charge is -2.37. The predicted octanol–water partition coefficient (Wildman–Crippen LogP) is 2.42. The van der Waals surface area contributed by atoms with Crippen molar-refractivity contribution in [1.29, 1.82) is 0 Å². The Hall–Kier alpha value is -1.39. The third kappa shape index (κ3) is 2.90. The SMILES string of the molecule is CC1(C)CCC(NC(=O)[C@@H]2CC[C@H](CN)O2)c2ccccc21. The van der Waals surface area contributed by atoms with Gasteiger partial charge in [0.2, 0.25) is 5.91 Å². The molecular formula is C18H26N2O2. The van der Waals surface area contributed by atoms with Crippen LogP contribution >= 0.6 is 0 Å². The summed E-state index contributed by atoms with van der Waals surface area (Å²) in [5.41, 5.74) is 8.39. The number of nitrogens with one attached hydrogen (secondary N) is 1. The van der Waals surface area contributed by atoms with Crippen LogP contribution in [-0.4, -0.2) is 24.7 Å². The lowest BCUT2D eigenvalue weighted by Crippen LogP contribution is -2.40. The van der Waals surface area contributed by atoms with Crippen molar-refractivity contribution in [2.75, 3.05) is 6.54 Å². The second-order valence-corrected chi connectivity index (χ2v) is 7.13. The molecule has 4 nitrogen and oxygen atoms in total. The summed E-state index contributed by atoms with van der Waals surface area (Å²) >= 11 is 0. The molecule has 1 saturated heterocycles. The first-order valence-corrected chi connectivity index (χ1v) is 8.26. The summed E-state index contributed by atoms with van der Waals surface area (Å²) < 4.78 is 5.71. The number of amides is 1. The standard InChI is InChI=1S/C18H26N2O2/c1-18(2)10-9-15(13-5-3-4-6-14(13)18)20-17(21)16-8-7-12(11-19)22-16/h3-6,12,15-16H,7-11,19H2,1-2H3,(H,20,21)/t12-,15?,16+/m1/s1. The first-order chi connectivity index (χ1) is 10.5. The number of hydrogen-bond acceptors (Lipinski definition) is 3. The lowest BCUT2D eigenvalue weighted by atomic mass is 9.71. The van der Waals surface area contributed by atoms with Gasteiger partial charge in [-0.2, -0.15) is 0 Å². The van der Waals surface area contributed by atoms with Gasteiger partial charge in [-0.05, 0) is 42.2 Å². The minimum absolute atomic E-state index is 0.00968. The maximum absolute atomic E-state index is 12.5. The zero-order valence-corrected chi connectivity index (χ0v) is 13.5. The van der Waals surface area contributed by atoms with Gasteiger partial charge in [0.25, 0.3) is 0 Å². The van der Waals surface area contributed by atoms with E-state index in [2.05, 4.69) is 43.4 Å². The Balaban J connectivity index is 1.72. The highest BCUT2D eigenvalue weighted by Crippen LogP contribution is 2.41. The van der Waals surface area contributed by atoms with Crippen molar-refractivity contribution >= 4 is 5.91 Å². The van der Waals surface area contributed by atoms with Crippen LogP contribution < -0.4 is 11.1 Å². The number of ether oxygens (including phenoxy) is 1. The van der Waals surface area contributed by atoms with Crippen molar-refractivity contribution in [2.24, 2.45) is 5.73 Å². The Morgan fingerprint density at radius 3 is 2.82 bits per heavy atom. The Morgan fingerprint density at radius 1 is 1.32 bits per heavy atom. The second-order valence-electron chi connectivity index (χ2n) is 7.13. The number of fused-ring (bicyclic) bond motifs is 1. The maximum atomic E-state index is 12.5. The van der Waals surface area contributed by atoms with Crippen LogP contribution in [0.3, 0.4) is 0 Å². The topological polar surface area (TPSA) is 64.4 Å². The van der Waals surface area contributed by atoms with Gasteiger partial charge in [0, 0.05) is 6.54 Å². The molecule has 3 rings (SSSR count). The summed E-state index contributed by atoms with van der Waals surface area (Å²) in [6.45, 7) is 5.04. The number of carbonyl (C=O) groups is 1. The van der Waals surface area contributed by atoms with Crippen molar-refractivity contribution in [3.63, 3.8) is 0 Å². The molecule has 1 amide bonds. The van der Waals surface area contributed by atoms with E-state index in [1.807, 2.05) is 0 Å². The van der Waals surface area contributed by atoms with Crippen LogP contribution in [0.2, 0.25) is 0 Å². The van der Waals surface area contributed by atoms with E-state index in [0.717, 1.165) is 25.7 Å². The molecule has 1 unspecified atom stereocenters. The van der Waals surface area contributed by atoms with E-state index in [0.29, 0.717) is 6.54 Å². The highest BCUT2D eigenvalue weighted by molar-refractivity contribution is 5.81. The van der Waals surface area contributed by atoms with Crippen LogP contribution in [0.1, 0.15) is 56.7 Å². The van der Waals surface area contributed by atoms with Gasteiger partial charge in [-0.25, -0.2) is 0 Å². The smallest absolute Gasteiger partial charge is 0.249 e. The van der Waals surface area contributed by atoms with Gasteiger partial charge in [-0.15, -0.1) is 0 Å². The third-order valence-electron chi connectivity index (χ3n) is 5.10. The largest absolute Gasteiger partial charge is 0.364 e. The Kier molecular flexibility index (Phi) is 4.24. The van der Waals surface area contributed by atoms with Gasteiger partial charge in [-0.1, -0.05) is 38.1 Å². The van der Waals surface area contributed by atoms with E-state index >= 15 is 0 Å². The van der Waals surface area contributed by atoms with E-state index in [-0.39, 0.29) is 29.6 Å². The molecule has 3 N–H and O–H groups in total. The Bertz CT molecular complexity index is 556. The van der Waals surface area contributed by atoms with Crippen molar-refractivity contribution < 1.29 is 9.53 Å². The molecule has 22 heavy (non-hydrogen) atoms. The first-order valence-electron chi connectivity index (χ1n) is 8.26. The number of hydrogen-bond donors (Lipinski definition) is 2. The molecule has 3 atom stereocenters. The average molecular weight is 302 g/mol. The predicted molar refractivity (Wildman–Crippen MR) is 86.5 cm³/mol. The molecule has 0 spiro atoms. The van der Waals surface area contributed by atoms with Gasteiger partial charge in [-0.3, -0.25) is 4.79 Å². The molecular weight excluding hydrogens is 276 g/mol. The van der Waals surface area contributed by atoms with Crippen LogP contribution in [0.15, 0.2) is 24.3 Å². The number of nitrogens with two attached hydrogens (primary N) is 1. The van der Waals surface area contributed by atoms with Crippen LogP contribution in [0.5, 0.6) is 0 Å². The number of benzene rings is 1. The van der Waals surface area contributed by atoms with E-state index in [9.17, 15) is 4.79 Å². The molecule has 0 bridgehead atoms. The van der Waals surface area contributed by atoms with E-state index in [1.54, 1.807) is 0 Å². The fourth-order valence-corrected chi connectivity index (χ4v) is 3.70. The van der Waals surface area contributed by atoms with Gasteiger partial charge < -0.3 is 15.8 Å². The van der Waals surface area contributed by atoms with E-state index < -0.39 is 0 Å². The summed E-state index contributed by atoms with van der Waals surface area (Å²) in [6, 6.07) is 8.55. The molecule has 4 heteroatoms. The number of rotatable bonds is 3. The average Bonchev–Trinajstić information content (AvgIpc) is 2.99. The molecule has 1 aliphatic heterocycles. The molecule has 0 saturated carbocycles. The van der Waals surface area contributed by atoms with Gasteiger partial charge in [0.1, 0.15) is 6.10 Å². The molecule has 0 radical (unpaired) electrons. The minimum atomic E-state index is -0.337. The zero-order chi connectivity index (χ0) is 15.7. The van der Waals surface area contributed by atoms with Crippen molar-refractivity contribution in [3.8, 4) is 0 Å². The van der Waals surface area contributed by atoms with Crippen molar-refractivity contribution in [2.45, 2.75) is 63.2 Å². The maximum Gasteiger partial charge on any atom is 0.249 e. The molecule has 0 aromatic heterocycles. The third-order valence-corrected chi connectivity index (χ3v) is 5.10. The van der Waals surface area contributed by atoms with Crippen LogP contribution in [-0.2, 0) is 14.9 Å². The molecule has 1 fully saturated rings. The van der Waals surface area contributed by atoms with Crippen molar-refractivity contribution in [1.82, 2.24) is 5.32 Å². The normalized spacial score (nSPS) is 29.9. The Labute approximate surface area is 132 Å². The summed E-state index contributed by atoms with van der Waals surface area (Å²) in [6.07, 6.45) is 3.40. The first kappa shape index (κ1) is 15.5. The molecule has 2 aliphatic rings. The van der Waals surface area contributed by atoms with Crippen molar-refractivity contribution in [3.05, 3.63) is 35.4 Å². The number of carbonyl (C=O) groups excluding carboxylic acids is 1. The van der Waals surface area contributed by atoms with Gasteiger partial charge >= 0.3 is 0 Å². The van der Waals surface area contributed by atoms with E-state index in [4.69, 9.17) is 10.5 Å². The summed E-state index contributed by atoms with van der Waals surface area (Å²) in [5, 5.41) is 3.19. The summed E-state index contributed by atoms with van der Waals surface area (Å²) in [5.74, 6) is 0.00968. The lowest BCUT2D eigenvalue weighted by molar-refractivity contribution is -0.132. The molecule has 1 heterocycles. The fraction of sp³-hybridized carbons (Fsp3) is 0.611. The molecule has 1 aliphatic carbocycles. The highest BCUT2D eigenvalue weighted by Gasteiger charge is 2.35. The summed E-state index contributed by atoms with van der Waals surface area (Å²) in [4.78, 5) is 12.5. The van der Waals surface area contributed by atoms with Gasteiger partial charge in [0.05, 0.1) is 12.1 Å². The fourth-order valence-electron chi connectivity index (χ4n) is 3.70. The quantitative estimate of drug-likeness (QED) is 0.901. The van der Waals surface area contributed by atoms with Crippen LogP contribution in [0, 0.1) is 0 Å². The molecule has 1 aromatic rings. The summed E-state index contributed by atoms with van der Waals surface area (Å²) in [7, 11) is 0. The van der Waals surface area contributed by atoms with Crippen LogP contribution in [0.25, 0.3) is 0 Å². The molecule has 1 aromatic carbocycles.